The van der Waals surface area contributed by atoms with Gasteiger partial charge in [-0.25, -0.2) is 0 Å². The van der Waals surface area contributed by atoms with Crippen molar-refractivity contribution in [3.8, 4) is 5.75 Å². The number of Topliss-reactive ketones (excluding diaryl/α,β-unsaturated/α-hetero) is 1. The van der Waals surface area contributed by atoms with Crippen molar-refractivity contribution < 1.29 is 9.53 Å². The number of fused-ring (bicyclic) bond motifs is 3. The summed E-state index contributed by atoms with van der Waals surface area (Å²) in [5.74, 6) is 1.19. The highest BCUT2D eigenvalue weighted by molar-refractivity contribution is 7.99. The summed E-state index contributed by atoms with van der Waals surface area (Å²) < 4.78 is 7.33. The van der Waals surface area contributed by atoms with Gasteiger partial charge in [-0.3, -0.25) is 9.20 Å². The number of aryl methyl sites for hydroxylation is 1. The molecule has 0 aliphatic rings. The fourth-order valence-corrected chi connectivity index (χ4v) is 3.79. The van der Waals surface area contributed by atoms with Gasteiger partial charge in [0.05, 0.1) is 18.4 Å². The second-order valence-corrected chi connectivity index (χ2v) is 6.91. The van der Waals surface area contributed by atoms with Gasteiger partial charge in [0.25, 0.3) is 0 Å². The molecule has 130 valence electrons. The number of aromatic nitrogens is 3. The predicted octanol–water partition coefficient (Wildman–Crippen LogP) is 4.17. The van der Waals surface area contributed by atoms with E-state index in [1.807, 2.05) is 59.9 Å². The minimum Gasteiger partial charge on any atom is -0.497 e. The average Bonchev–Trinajstić information content (AvgIpc) is 3.11. The molecule has 0 aliphatic heterocycles. The van der Waals surface area contributed by atoms with Gasteiger partial charge in [0, 0.05) is 10.9 Å². The Morgan fingerprint density at radius 3 is 2.69 bits per heavy atom. The third-order valence-electron chi connectivity index (χ3n) is 4.26. The smallest absolute Gasteiger partial charge is 0.196 e. The van der Waals surface area contributed by atoms with Gasteiger partial charge in [0.15, 0.2) is 16.6 Å². The summed E-state index contributed by atoms with van der Waals surface area (Å²) in [6.07, 6.45) is 0. The van der Waals surface area contributed by atoms with Gasteiger partial charge in [0.2, 0.25) is 0 Å². The molecule has 0 atom stereocenters. The molecule has 2 heterocycles. The van der Waals surface area contributed by atoms with E-state index in [9.17, 15) is 4.79 Å². The maximum absolute atomic E-state index is 12.4. The molecule has 4 rings (SSSR count). The van der Waals surface area contributed by atoms with E-state index in [0.717, 1.165) is 27.9 Å². The fraction of sp³-hybridized carbons (Fsp3) is 0.150. The van der Waals surface area contributed by atoms with E-state index in [0.29, 0.717) is 16.5 Å². The van der Waals surface area contributed by atoms with E-state index in [4.69, 9.17) is 4.74 Å². The van der Waals surface area contributed by atoms with E-state index >= 15 is 0 Å². The van der Waals surface area contributed by atoms with Gasteiger partial charge >= 0.3 is 0 Å². The first-order chi connectivity index (χ1) is 12.7. The summed E-state index contributed by atoms with van der Waals surface area (Å²) in [5, 5.41) is 10.4. The summed E-state index contributed by atoms with van der Waals surface area (Å²) in [7, 11) is 1.65. The molecule has 0 saturated carbocycles. The first-order valence-corrected chi connectivity index (χ1v) is 9.19. The SMILES string of the molecule is COc1ccc2c(c1)cc(C)c1nnc(SCC(=O)c3ccccc3)n12. The van der Waals surface area contributed by atoms with E-state index in [-0.39, 0.29) is 5.78 Å². The zero-order chi connectivity index (χ0) is 18.1. The van der Waals surface area contributed by atoms with Crippen molar-refractivity contribution in [2.24, 2.45) is 0 Å². The van der Waals surface area contributed by atoms with E-state index < -0.39 is 0 Å². The number of hydrogen-bond acceptors (Lipinski definition) is 5. The maximum atomic E-state index is 12.4. The summed E-state index contributed by atoms with van der Waals surface area (Å²) in [6, 6.07) is 17.3. The Kier molecular flexibility index (Phi) is 4.34. The van der Waals surface area contributed by atoms with Crippen molar-refractivity contribution in [2.75, 3.05) is 12.9 Å². The third-order valence-corrected chi connectivity index (χ3v) is 5.19. The van der Waals surface area contributed by atoms with Crippen LogP contribution in [0.15, 0.2) is 59.8 Å². The number of methoxy groups -OCH3 is 1. The van der Waals surface area contributed by atoms with Gasteiger partial charge < -0.3 is 4.74 Å². The van der Waals surface area contributed by atoms with Gasteiger partial charge in [0.1, 0.15) is 5.75 Å². The number of carbonyl (C=O) groups excluding carboxylic acids is 1. The summed E-state index contributed by atoms with van der Waals surface area (Å²) in [5.41, 5.74) is 3.53. The fourth-order valence-electron chi connectivity index (χ4n) is 2.95. The molecule has 26 heavy (non-hydrogen) atoms. The molecule has 0 spiro atoms. The topological polar surface area (TPSA) is 56.5 Å². The summed E-state index contributed by atoms with van der Waals surface area (Å²) in [6.45, 7) is 2.01. The van der Waals surface area contributed by atoms with Crippen LogP contribution in [0, 0.1) is 6.92 Å². The molecule has 2 aromatic carbocycles. The Balaban J connectivity index is 1.72. The lowest BCUT2D eigenvalue weighted by atomic mass is 10.1. The highest BCUT2D eigenvalue weighted by Crippen LogP contribution is 2.28. The van der Waals surface area contributed by atoms with Crippen LogP contribution in [0.2, 0.25) is 0 Å². The zero-order valence-electron chi connectivity index (χ0n) is 14.5. The molecule has 5 nitrogen and oxygen atoms in total. The van der Waals surface area contributed by atoms with Crippen molar-refractivity contribution in [3.63, 3.8) is 0 Å². The number of thioether (sulfide) groups is 1. The van der Waals surface area contributed by atoms with Crippen molar-refractivity contribution >= 4 is 34.1 Å². The Hall–Kier alpha value is -2.86. The van der Waals surface area contributed by atoms with Crippen molar-refractivity contribution in [1.82, 2.24) is 14.6 Å². The van der Waals surface area contributed by atoms with Crippen LogP contribution in [-0.2, 0) is 0 Å². The lowest BCUT2D eigenvalue weighted by Crippen LogP contribution is -2.03. The Labute approximate surface area is 155 Å². The molecule has 2 aromatic heterocycles. The van der Waals surface area contributed by atoms with Gasteiger partial charge in [-0.2, -0.15) is 0 Å². The minimum atomic E-state index is 0.0750. The molecule has 0 bridgehead atoms. The minimum absolute atomic E-state index is 0.0750. The van der Waals surface area contributed by atoms with Crippen LogP contribution in [0.4, 0.5) is 0 Å². The lowest BCUT2D eigenvalue weighted by molar-refractivity contribution is 0.102. The van der Waals surface area contributed by atoms with Crippen LogP contribution in [0.5, 0.6) is 5.75 Å². The highest BCUT2D eigenvalue weighted by Gasteiger charge is 2.14. The normalized spacial score (nSPS) is 11.2. The molecule has 0 fully saturated rings. The largest absolute Gasteiger partial charge is 0.497 e. The summed E-state index contributed by atoms with van der Waals surface area (Å²) in [4.78, 5) is 12.4. The highest BCUT2D eigenvalue weighted by atomic mass is 32.2. The van der Waals surface area contributed by atoms with Crippen molar-refractivity contribution in [2.45, 2.75) is 12.1 Å². The lowest BCUT2D eigenvalue weighted by Gasteiger charge is -2.08. The first-order valence-electron chi connectivity index (χ1n) is 8.21. The van der Waals surface area contributed by atoms with Crippen molar-refractivity contribution in [1.29, 1.82) is 0 Å². The molecule has 0 amide bonds. The number of benzene rings is 2. The first kappa shape index (κ1) is 16.6. The van der Waals surface area contributed by atoms with Crippen LogP contribution in [0.25, 0.3) is 16.6 Å². The second-order valence-electron chi connectivity index (χ2n) is 5.97. The molecule has 0 unspecified atom stereocenters. The molecule has 4 aromatic rings. The summed E-state index contributed by atoms with van der Waals surface area (Å²) >= 11 is 1.40. The number of hydrogen-bond donors (Lipinski definition) is 0. The monoisotopic (exact) mass is 363 g/mol. The predicted molar refractivity (Wildman–Crippen MR) is 103 cm³/mol. The number of ketones is 1. The quantitative estimate of drug-likeness (QED) is 0.393. The van der Waals surface area contributed by atoms with E-state index in [1.54, 1.807) is 7.11 Å². The Morgan fingerprint density at radius 2 is 1.92 bits per heavy atom. The Morgan fingerprint density at radius 1 is 1.12 bits per heavy atom. The maximum Gasteiger partial charge on any atom is 0.196 e. The van der Waals surface area contributed by atoms with Crippen LogP contribution in [0.3, 0.4) is 0 Å². The molecule has 0 saturated heterocycles. The van der Waals surface area contributed by atoms with Crippen molar-refractivity contribution in [3.05, 3.63) is 65.7 Å². The standard InChI is InChI=1S/C20H17N3O2S/c1-13-10-15-11-16(25-2)8-9-17(15)23-19(13)21-22-20(23)26-12-18(24)14-6-4-3-5-7-14/h3-11H,12H2,1-2H3. The molecule has 0 N–H and O–H groups in total. The van der Waals surface area contributed by atoms with Gasteiger partial charge in [-0.1, -0.05) is 42.1 Å². The van der Waals surface area contributed by atoms with Crippen LogP contribution in [0.1, 0.15) is 15.9 Å². The van der Waals surface area contributed by atoms with E-state index in [2.05, 4.69) is 16.3 Å². The Bertz CT molecular complexity index is 1110. The van der Waals surface area contributed by atoms with Gasteiger partial charge in [-0.15, -0.1) is 10.2 Å². The molecule has 0 radical (unpaired) electrons. The third kappa shape index (κ3) is 2.93. The molecular formula is C20H17N3O2S. The molecular weight excluding hydrogens is 346 g/mol. The van der Waals surface area contributed by atoms with Gasteiger partial charge in [-0.05, 0) is 36.8 Å². The zero-order valence-corrected chi connectivity index (χ0v) is 15.3. The number of nitrogens with zero attached hydrogens (tertiary/aromatic N) is 3. The number of pyridine rings is 1. The molecule has 6 heteroatoms. The molecule has 0 aliphatic carbocycles. The number of carbonyl (C=O) groups is 1. The van der Waals surface area contributed by atoms with Crippen LogP contribution >= 0.6 is 11.8 Å². The second kappa shape index (κ2) is 6.80. The number of rotatable bonds is 5. The van der Waals surface area contributed by atoms with Crippen LogP contribution in [-0.4, -0.2) is 33.2 Å². The average molecular weight is 363 g/mol. The number of ether oxygens (including phenoxy) is 1. The van der Waals surface area contributed by atoms with E-state index in [1.165, 1.54) is 11.8 Å². The van der Waals surface area contributed by atoms with Crippen LogP contribution < -0.4 is 4.74 Å².